The largest absolute Gasteiger partial charge is 0.328 e. The van der Waals surface area contributed by atoms with Gasteiger partial charge in [-0.2, -0.15) is 0 Å². The highest BCUT2D eigenvalue weighted by Gasteiger charge is 2.38. The SMILES string of the molecule is Cn1c(=O)n(CC2(C)CC2)c2cccc(-c3cc(F)ccn3)c21. The lowest BCUT2D eigenvalue weighted by molar-refractivity contribution is 0.460. The highest BCUT2D eigenvalue weighted by molar-refractivity contribution is 5.91. The molecule has 3 aromatic rings. The first kappa shape index (κ1) is 14.2. The molecule has 0 radical (unpaired) electrons. The molecule has 1 aromatic carbocycles. The second-order valence-electron chi connectivity index (χ2n) is 6.77. The van der Waals surface area contributed by atoms with Gasteiger partial charge in [-0.3, -0.25) is 14.1 Å². The molecule has 0 bridgehead atoms. The van der Waals surface area contributed by atoms with Gasteiger partial charge in [-0.25, -0.2) is 9.18 Å². The summed E-state index contributed by atoms with van der Waals surface area (Å²) in [5.41, 5.74) is 3.21. The molecular weight excluding hydrogens is 293 g/mol. The van der Waals surface area contributed by atoms with E-state index in [1.165, 1.54) is 18.3 Å². The van der Waals surface area contributed by atoms with Crippen molar-refractivity contribution in [3.05, 3.63) is 52.8 Å². The standard InChI is InChI=1S/C18H18FN3O/c1-18(7-8-18)11-22-15-5-3-4-13(16(15)21(2)17(22)23)14-10-12(19)6-9-20-14/h3-6,9-10H,7-8,11H2,1-2H3. The second-order valence-corrected chi connectivity index (χ2v) is 6.77. The molecule has 2 aromatic heterocycles. The molecule has 0 N–H and O–H groups in total. The third-order valence-corrected chi connectivity index (χ3v) is 4.80. The van der Waals surface area contributed by atoms with Crippen LogP contribution in [0.25, 0.3) is 22.3 Å². The fourth-order valence-electron chi connectivity index (χ4n) is 3.15. The second kappa shape index (κ2) is 4.78. The average Bonchev–Trinajstić information content (AvgIpc) is 3.23. The van der Waals surface area contributed by atoms with E-state index in [1.807, 2.05) is 22.8 Å². The third-order valence-electron chi connectivity index (χ3n) is 4.80. The van der Waals surface area contributed by atoms with Gasteiger partial charge in [0.05, 0.1) is 16.7 Å². The van der Waals surface area contributed by atoms with Crippen molar-refractivity contribution in [2.45, 2.75) is 26.3 Å². The maximum Gasteiger partial charge on any atom is 0.328 e. The van der Waals surface area contributed by atoms with Crippen LogP contribution in [0, 0.1) is 11.2 Å². The number of aromatic nitrogens is 3. The Morgan fingerprint density at radius 2 is 2.09 bits per heavy atom. The average molecular weight is 311 g/mol. The fraction of sp³-hybridized carbons (Fsp3) is 0.333. The zero-order valence-corrected chi connectivity index (χ0v) is 13.2. The van der Waals surface area contributed by atoms with Crippen LogP contribution >= 0.6 is 0 Å². The Labute approximate surface area is 133 Å². The number of rotatable bonds is 3. The van der Waals surface area contributed by atoms with Crippen LogP contribution in [0.2, 0.25) is 0 Å². The van der Waals surface area contributed by atoms with Crippen molar-refractivity contribution in [2.75, 3.05) is 0 Å². The molecule has 1 fully saturated rings. The zero-order chi connectivity index (χ0) is 16.2. The number of para-hydroxylation sites is 1. The highest BCUT2D eigenvalue weighted by atomic mass is 19.1. The normalized spacial score (nSPS) is 16.0. The van der Waals surface area contributed by atoms with Crippen molar-refractivity contribution in [3.8, 4) is 11.3 Å². The summed E-state index contributed by atoms with van der Waals surface area (Å²) in [4.78, 5) is 16.9. The first-order valence-electron chi connectivity index (χ1n) is 7.79. The van der Waals surface area contributed by atoms with Gasteiger partial charge >= 0.3 is 5.69 Å². The summed E-state index contributed by atoms with van der Waals surface area (Å²) in [5, 5.41) is 0. The molecule has 2 heterocycles. The molecule has 0 saturated heterocycles. The predicted molar refractivity (Wildman–Crippen MR) is 87.7 cm³/mol. The van der Waals surface area contributed by atoms with Crippen molar-refractivity contribution in [1.82, 2.24) is 14.1 Å². The minimum Gasteiger partial charge on any atom is -0.294 e. The van der Waals surface area contributed by atoms with Crippen LogP contribution < -0.4 is 5.69 Å². The lowest BCUT2D eigenvalue weighted by Gasteiger charge is -2.09. The summed E-state index contributed by atoms with van der Waals surface area (Å²) >= 11 is 0. The van der Waals surface area contributed by atoms with Gasteiger partial charge in [0.1, 0.15) is 5.82 Å². The molecule has 0 aliphatic heterocycles. The van der Waals surface area contributed by atoms with Gasteiger partial charge < -0.3 is 0 Å². The monoisotopic (exact) mass is 311 g/mol. The number of benzene rings is 1. The first-order chi connectivity index (χ1) is 11.0. The van der Waals surface area contributed by atoms with E-state index in [0.717, 1.165) is 36.0 Å². The number of imidazole rings is 1. The number of fused-ring (bicyclic) bond motifs is 1. The molecule has 5 heteroatoms. The molecule has 1 aliphatic carbocycles. The number of hydrogen-bond acceptors (Lipinski definition) is 2. The van der Waals surface area contributed by atoms with E-state index in [1.54, 1.807) is 11.6 Å². The van der Waals surface area contributed by atoms with Crippen molar-refractivity contribution in [3.63, 3.8) is 0 Å². The summed E-state index contributed by atoms with van der Waals surface area (Å²) in [7, 11) is 1.76. The van der Waals surface area contributed by atoms with E-state index in [4.69, 9.17) is 0 Å². The van der Waals surface area contributed by atoms with E-state index in [2.05, 4.69) is 11.9 Å². The van der Waals surface area contributed by atoms with E-state index < -0.39 is 0 Å². The van der Waals surface area contributed by atoms with E-state index in [9.17, 15) is 9.18 Å². The Morgan fingerprint density at radius 3 is 2.78 bits per heavy atom. The van der Waals surface area contributed by atoms with Gasteiger partial charge in [0.25, 0.3) is 0 Å². The van der Waals surface area contributed by atoms with Crippen LogP contribution in [0.4, 0.5) is 4.39 Å². The number of halogens is 1. The van der Waals surface area contributed by atoms with Crippen LogP contribution in [0.1, 0.15) is 19.8 Å². The van der Waals surface area contributed by atoms with Crippen molar-refractivity contribution >= 4 is 11.0 Å². The zero-order valence-electron chi connectivity index (χ0n) is 13.2. The summed E-state index contributed by atoms with van der Waals surface area (Å²) in [5.74, 6) is -0.332. The smallest absolute Gasteiger partial charge is 0.294 e. The van der Waals surface area contributed by atoms with Gasteiger partial charge in [0.2, 0.25) is 0 Å². The number of nitrogens with zero attached hydrogens (tertiary/aromatic N) is 3. The molecular formula is C18H18FN3O. The molecule has 0 unspecified atom stereocenters. The Hall–Kier alpha value is -2.43. The quantitative estimate of drug-likeness (QED) is 0.744. The first-order valence-corrected chi connectivity index (χ1v) is 7.79. The van der Waals surface area contributed by atoms with E-state index >= 15 is 0 Å². The number of aryl methyl sites for hydroxylation is 1. The Bertz CT molecular complexity index is 966. The highest BCUT2D eigenvalue weighted by Crippen LogP contribution is 2.46. The predicted octanol–water partition coefficient (Wildman–Crippen LogP) is 3.34. The number of pyridine rings is 1. The summed E-state index contributed by atoms with van der Waals surface area (Å²) in [6.07, 6.45) is 3.76. The molecule has 0 atom stereocenters. The van der Waals surface area contributed by atoms with Crippen LogP contribution in [0.5, 0.6) is 0 Å². The van der Waals surface area contributed by atoms with Crippen molar-refractivity contribution in [2.24, 2.45) is 12.5 Å². The third kappa shape index (κ3) is 2.27. The van der Waals surface area contributed by atoms with Gasteiger partial charge in [-0.15, -0.1) is 0 Å². The van der Waals surface area contributed by atoms with E-state index in [-0.39, 0.29) is 16.9 Å². The fourth-order valence-corrected chi connectivity index (χ4v) is 3.15. The van der Waals surface area contributed by atoms with Crippen LogP contribution in [-0.2, 0) is 13.6 Å². The van der Waals surface area contributed by atoms with Gasteiger partial charge in [0.15, 0.2) is 0 Å². The van der Waals surface area contributed by atoms with Crippen molar-refractivity contribution < 1.29 is 4.39 Å². The maximum atomic E-state index is 13.6. The Balaban J connectivity index is 1.97. The summed E-state index contributed by atoms with van der Waals surface area (Å²) < 4.78 is 17.0. The maximum absolute atomic E-state index is 13.6. The Kier molecular flexibility index (Phi) is 2.95. The molecule has 118 valence electrons. The van der Waals surface area contributed by atoms with Gasteiger partial charge in [-0.05, 0) is 30.4 Å². The lowest BCUT2D eigenvalue weighted by Crippen LogP contribution is -2.25. The van der Waals surface area contributed by atoms with Gasteiger partial charge in [0, 0.05) is 31.4 Å². The molecule has 4 nitrogen and oxygen atoms in total. The van der Waals surface area contributed by atoms with Crippen LogP contribution in [0.15, 0.2) is 41.3 Å². The minimum absolute atomic E-state index is 0.0306. The molecule has 1 aliphatic rings. The lowest BCUT2D eigenvalue weighted by atomic mass is 10.1. The summed E-state index contributed by atoms with van der Waals surface area (Å²) in [6.45, 7) is 2.93. The topological polar surface area (TPSA) is 39.8 Å². The Morgan fingerprint density at radius 1 is 1.30 bits per heavy atom. The minimum atomic E-state index is -0.332. The molecule has 0 spiro atoms. The molecule has 4 rings (SSSR count). The molecule has 1 saturated carbocycles. The van der Waals surface area contributed by atoms with Crippen molar-refractivity contribution in [1.29, 1.82) is 0 Å². The van der Waals surface area contributed by atoms with Crippen LogP contribution in [0.3, 0.4) is 0 Å². The molecule has 0 amide bonds. The number of hydrogen-bond donors (Lipinski definition) is 0. The van der Waals surface area contributed by atoms with Crippen LogP contribution in [-0.4, -0.2) is 14.1 Å². The van der Waals surface area contributed by atoms with E-state index in [0.29, 0.717) is 5.69 Å². The van der Waals surface area contributed by atoms with Gasteiger partial charge in [-0.1, -0.05) is 19.1 Å². The summed E-state index contributed by atoms with van der Waals surface area (Å²) in [6, 6.07) is 8.45. The molecule has 23 heavy (non-hydrogen) atoms.